The number of amides is 1. The van der Waals surface area contributed by atoms with Crippen molar-refractivity contribution >= 4 is 36.2 Å². The van der Waals surface area contributed by atoms with E-state index in [4.69, 9.17) is 9.47 Å². The number of pyridine rings is 4. The number of aromatic nitrogens is 4. The molecule has 0 saturated carbocycles. The molecule has 2 atom stereocenters. The standard InChI is InChI=1S/C25H28F3N3O6.C15H13F3N2O2.ClH/c1-24(2,3)37-23(35)31-10-9-19(33)21(31)18(32)7-5-14-11-17(29-13-16(14)22(34)36-4)15-6-8-20(30-12-15)25(26,27)28;1-3-9-6-12(19-8-11(9)14(21)22-2)10-4-5-13(20-7-10)15(16,17)18;/h6,8,11-13,19,21,33H,5,7,9-10H2,1-4H3;4-8H,3H2,1-2H3;1H/t19-,21-;;/m1../s1. The maximum atomic E-state index is 13.1. The van der Waals surface area contributed by atoms with Gasteiger partial charge in [-0.15, -0.1) is 12.4 Å². The molecule has 4 aromatic rings. The fraction of sp³-hybridized carbons (Fsp3) is 0.400. The lowest BCUT2D eigenvalue weighted by Crippen LogP contribution is -2.47. The summed E-state index contributed by atoms with van der Waals surface area (Å²) in [5.41, 5.74) is 0.100. The Labute approximate surface area is 346 Å². The summed E-state index contributed by atoms with van der Waals surface area (Å²) in [5, 5.41) is 10.4. The maximum absolute atomic E-state index is 13.1. The molecule has 0 radical (unpaired) electrons. The van der Waals surface area contributed by atoms with E-state index < -0.39 is 65.3 Å². The average molecular weight is 870 g/mol. The third-order valence-corrected chi connectivity index (χ3v) is 8.83. The summed E-state index contributed by atoms with van der Waals surface area (Å²) in [7, 11) is 2.45. The van der Waals surface area contributed by atoms with Crippen LogP contribution < -0.4 is 0 Å². The van der Waals surface area contributed by atoms with Crippen LogP contribution in [0.25, 0.3) is 22.5 Å². The van der Waals surface area contributed by atoms with Crippen LogP contribution in [0.2, 0.25) is 0 Å². The summed E-state index contributed by atoms with van der Waals surface area (Å²) in [6, 6.07) is 6.25. The number of rotatable bonds is 9. The Kier molecular flexibility index (Phi) is 16.3. The highest BCUT2D eigenvalue weighted by Gasteiger charge is 2.42. The number of aliphatic hydroxyl groups is 1. The number of carbonyl (C=O) groups excluding carboxylic acids is 4. The molecule has 60 heavy (non-hydrogen) atoms. The van der Waals surface area contributed by atoms with E-state index >= 15 is 0 Å². The number of hydrogen-bond donors (Lipinski definition) is 1. The number of esters is 2. The van der Waals surface area contributed by atoms with Gasteiger partial charge in [0.2, 0.25) is 0 Å². The van der Waals surface area contributed by atoms with Crippen LogP contribution in [-0.4, -0.2) is 92.3 Å². The predicted molar refractivity (Wildman–Crippen MR) is 205 cm³/mol. The van der Waals surface area contributed by atoms with Crippen LogP contribution in [0.1, 0.15) is 83.8 Å². The molecule has 20 heteroatoms. The van der Waals surface area contributed by atoms with Crippen LogP contribution in [0.4, 0.5) is 31.1 Å². The van der Waals surface area contributed by atoms with Gasteiger partial charge in [0.15, 0.2) is 5.78 Å². The second kappa shape index (κ2) is 20.0. The number of likely N-dealkylation sites (tertiary alicyclic amines) is 1. The molecule has 5 rings (SSSR count). The zero-order chi connectivity index (χ0) is 43.9. The topological polar surface area (TPSA) is 171 Å². The van der Waals surface area contributed by atoms with E-state index in [9.17, 15) is 50.6 Å². The van der Waals surface area contributed by atoms with Crippen LogP contribution in [0, 0.1) is 0 Å². The lowest BCUT2D eigenvalue weighted by molar-refractivity contribution is -0.141. The molecule has 1 aliphatic rings. The van der Waals surface area contributed by atoms with E-state index in [2.05, 4.69) is 24.7 Å². The molecular weight excluding hydrogens is 828 g/mol. The Bertz CT molecular complexity index is 2150. The number of nitrogens with zero attached hydrogens (tertiary/aromatic N) is 5. The molecule has 0 bridgehead atoms. The minimum atomic E-state index is -4.59. The molecule has 1 fully saturated rings. The summed E-state index contributed by atoms with van der Waals surface area (Å²) >= 11 is 0. The predicted octanol–water partition coefficient (Wildman–Crippen LogP) is 7.75. The van der Waals surface area contributed by atoms with Gasteiger partial charge in [0.25, 0.3) is 0 Å². The number of Topliss-reactive ketones (excluding diaryl/α,β-unsaturated/α-hetero) is 1. The normalized spacial score (nSPS) is 15.2. The largest absolute Gasteiger partial charge is 0.465 e. The molecule has 1 N–H and O–H groups in total. The third-order valence-electron chi connectivity index (χ3n) is 8.83. The molecule has 5 heterocycles. The Morgan fingerprint density at radius 2 is 1.22 bits per heavy atom. The van der Waals surface area contributed by atoms with Crippen molar-refractivity contribution < 1.29 is 64.8 Å². The van der Waals surface area contributed by atoms with E-state index in [0.717, 1.165) is 24.5 Å². The van der Waals surface area contributed by atoms with Crippen molar-refractivity contribution in [1.82, 2.24) is 24.8 Å². The first-order valence-corrected chi connectivity index (χ1v) is 18.0. The summed E-state index contributed by atoms with van der Waals surface area (Å²) in [6.45, 7) is 7.08. The zero-order valence-electron chi connectivity index (χ0n) is 33.2. The highest BCUT2D eigenvalue weighted by molar-refractivity contribution is 5.93. The Morgan fingerprint density at radius 1 is 0.750 bits per heavy atom. The number of carbonyl (C=O) groups is 4. The third kappa shape index (κ3) is 12.4. The van der Waals surface area contributed by atoms with Crippen molar-refractivity contribution in [2.24, 2.45) is 0 Å². The number of alkyl halides is 6. The Balaban J connectivity index is 0.000000357. The van der Waals surface area contributed by atoms with Gasteiger partial charge in [0, 0.05) is 48.9 Å². The lowest BCUT2D eigenvalue weighted by atomic mass is 9.97. The van der Waals surface area contributed by atoms with E-state index in [1.807, 2.05) is 6.92 Å². The number of ether oxygens (including phenoxy) is 3. The molecule has 0 aliphatic carbocycles. The number of hydrogen-bond acceptors (Lipinski definition) is 12. The molecule has 1 aliphatic heterocycles. The average Bonchev–Trinajstić information content (AvgIpc) is 3.59. The SMILES string of the molecule is CCc1cc(-c2ccc(C(F)(F)F)nc2)ncc1C(=O)OC.COC(=O)c1cnc(-c2ccc(C(F)(F)F)nc2)cc1CCC(=O)[C@@H]1[C@H](O)CCN1C(=O)OC(C)(C)C.Cl. The van der Waals surface area contributed by atoms with Crippen LogP contribution in [0.15, 0.2) is 61.2 Å². The summed E-state index contributed by atoms with van der Waals surface area (Å²) in [6.07, 6.45) is -5.47. The first kappa shape index (κ1) is 48.7. The summed E-state index contributed by atoms with van der Waals surface area (Å²) in [5.74, 6) is -1.63. The van der Waals surface area contributed by atoms with Crippen LogP contribution in [0.3, 0.4) is 0 Å². The lowest BCUT2D eigenvalue weighted by Gasteiger charge is -2.28. The first-order valence-electron chi connectivity index (χ1n) is 18.0. The van der Waals surface area contributed by atoms with E-state index in [0.29, 0.717) is 34.4 Å². The van der Waals surface area contributed by atoms with E-state index in [1.54, 1.807) is 26.8 Å². The first-order chi connectivity index (χ1) is 27.6. The fourth-order valence-electron chi connectivity index (χ4n) is 5.92. The molecule has 13 nitrogen and oxygen atoms in total. The summed E-state index contributed by atoms with van der Waals surface area (Å²) < 4.78 is 90.8. The maximum Gasteiger partial charge on any atom is 0.433 e. The van der Waals surface area contributed by atoms with Crippen molar-refractivity contribution in [3.05, 3.63) is 94.8 Å². The number of methoxy groups -OCH3 is 2. The molecule has 4 aromatic heterocycles. The highest BCUT2D eigenvalue weighted by Crippen LogP contribution is 2.31. The minimum absolute atomic E-state index is 0. The molecule has 1 saturated heterocycles. The smallest absolute Gasteiger partial charge is 0.433 e. The van der Waals surface area contributed by atoms with Crippen LogP contribution in [-0.2, 0) is 44.2 Å². The fourth-order valence-corrected chi connectivity index (χ4v) is 5.92. The van der Waals surface area contributed by atoms with Gasteiger partial charge in [-0.3, -0.25) is 29.6 Å². The second-order valence-electron chi connectivity index (χ2n) is 14.1. The minimum Gasteiger partial charge on any atom is -0.465 e. The number of halogens is 7. The van der Waals surface area contributed by atoms with Gasteiger partial charge in [0.1, 0.15) is 23.0 Å². The Morgan fingerprint density at radius 3 is 1.62 bits per heavy atom. The molecule has 1 amide bonds. The molecular formula is C40H42ClF6N5O8. The van der Waals surface area contributed by atoms with E-state index in [-0.39, 0.29) is 55.0 Å². The van der Waals surface area contributed by atoms with E-state index in [1.165, 1.54) is 49.7 Å². The highest BCUT2D eigenvalue weighted by atomic mass is 35.5. The van der Waals surface area contributed by atoms with Crippen molar-refractivity contribution in [3.63, 3.8) is 0 Å². The molecule has 0 unspecified atom stereocenters. The van der Waals surface area contributed by atoms with Gasteiger partial charge in [-0.1, -0.05) is 6.92 Å². The van der Waals surface area contributed by atoms with Crippen molar-refractivity contribution in [1.29, 1.82) is 0 Å². The Hall–Kier alpha value is -5.69. The van der Waals surface area contributed by atoms with Crippen molar-refractivity contribution in [2.75, 3.05) is 20.8 Å². The van der Waals surface area contributed by atoms with Crippen LogP contribution in [0.5, 0.6) is 0 Å². The monoisotopic (exact) mass is 869 g/mol. The molecule has 0 spiro atoms. The number of aliphatic hydroxyl groups excluding tert-OH is 1. The van der Waals surface area contributed by atoms with Gasteiger partial charge in [-0.05, 0) is 87.6 Å². The number of ketones is 1. The second-order valence-corrected chi connectivity index (χ2v) is 14.1. The number of aryl methyl sites for hydroxylation is 2. The molecule has 324 valence electrons. The summed E-state index contributed by atoms with van der Waals surface area (Å²) in [4.78, 5) is 65.8. The van der Waals surface area contributed by atoms with Crippen molar-refractivity contribution in [2.45, 2.75) is 83.5 Å². The molecule has 0 aromatic carbocycles. The van der Waals surface area contributed by atoms with Crippen molar-refractivity contribution in [3.8, 4) is 22.5 Å². The quantitative estimate of drug-likeness (QED) is 0.0987. The zero-order valence-corrected chi connectivity index (χ0v) is 34.0. The van der Waals surface area contributed by atoms with Gasteiger partial charge in [0.05, 0.1) is 42.8 Å². The van der Waals surface area contributed by atoms with Crippen LogP contribution >= 0.6 is 12.4 Å². The van der Waals surface area contributed by atoms with Gasteiger partial charge in [-0.2, -0.15) is 26.3 Å². The van der Waals surface area contributed by atoms with Gasteiger partial charge < -0.3 is 19.3 Å². The van der Waals surface area contributed by atoms with Gasteiger partial charge >= 0.3 is 30.4 Å². The van der Waals surface area contributed by atoms with Gasteiger partial charge in [-0.25, -0.2) is 14.4 Å².